The lowest BCUT2D eigenvalue weighted by molar-refractivity contribution is -0.107. The van der Waals surface area contributed by atoms with E-state index in [2.05, 4.69) is 0 Å². The second-order valence-corrected chi connectivity index (χ2v) is 5.97. The molecule has 3 nitrogen and oxygen atoms in total. The largest absolute Gasteiger partial charge is 0.280 e. The molecule has 0 aromatic rings. The minimum absolute atomic E-state index is 0.225. The minimum Gasteiger partial charge on any atom is -0.280 e. The van der Waals surface area contributed by atoms with Gasteiger partial charge in [0.05, 0.1) is 16.2 Å². The molecule has 0 aromatic carbocycles. The number of allylic oxidation sites excluding steroid dienone is 4. The maximum absolute atomic E-state index is 11.0. The highest BCUT2D eigenvalue weighted by atomic mass is 33.1. The molecule has 1 aliphatic heterocycles. The van der Waals surface area contributed by atoms with Gasteiger partial charge in [0.2, 0.25) is 14.0 Å². The Balaban J connectivity index is 2.88. The molecule has 0 aliphatic carbocycles. The van der Waals surface area contributed by atoms with E-state index in [9.17, 15) is 13.2 Å². The quantitative estimate of drug-likeness (QED) is 0.519. The Morgan fingerprint density at radius 1 is 1.38 bits per heavy atom. The highest BCUT2D eigenvalue weighted by Crippen LogP contribution is 2.29. The van der Waals surface area contributed by atoms with Crippen LogP contribution in [0.25, 0.3) is 0 Å². The number of rotatable bonds is 2. The van der Waals surface area contributed by atoms with Gasteiger partial charge in [0.15, 0.2) is 0 Å². The number of carbonyl (C=O) groups is 1. The lowest BCUT2D eigenvalue weighted by Crippen LogP contribution is -1.86. The Kier molecular flexibility index (Phi) is 3.11. The molecule has 0 saturated heterocycles. The molecule has 0 atom stereocenters. The molecule has 0 amide bonds. The van der Waals surface area contributed by atoms with Gasteiger partial charge in [-0.1, -0.05) is 18.2 Å². The number of carbonyl (C=O) groups excluding carboxylic acids is 1. The molecule has 0 N–H and O–H groups in total. The van der Waals surface area contributed by atoms with E-state index < -0.39 is 14.0 Å². The summed E-state index contributed by atoms with van der Waals surface area (Å²) in [6.45, 7) is 1.83. The maximum Gasteiger partial charge on any atom is 0.235 e. The van der Waals surface area contributed by atoms with Crippen molar-refractivity contribution in [1.29, 1.82) is 0 Å². The summed E-state index contributed by atoms with van der Waals surface area (Å²) >= 11 is 0. The fourth-order valence-corrected chi connectivity index (χ4v) is 3.19. The molecule has 0 aromatic heterocycles. The van der Waals surface area contributed by atoms with Crippen molar-refractivity contribution in [1.82, 2.24) is 0 Å². The first-order valence-electron chi connectivity index (χ1n) is 3.55. The molecule has 0 radical (unpaired) electrons. The van der Waals surface area contributed by atoms with E-state index in [1.165, 1.54) is 6.08 Å². The Morgan fingerprint density at radius 2 is 2.08 bits per heavy atom. The van der Waals surface area contributed by atoms with Gasteiger partial charge in [-0.15, -0.1) is 0 Å². The van der Waals surface area contributed by atoms with E-state index in [1.807, 2.05) is 6.92 Å². The van der Waals surface area contributed by atoms with E-state index in [0.29, 0.717) is 10.8 Å². The topological polar surface area (TPSA) is 51.2 Å². The van der Waals surface area contributed by atoms with E-state index >= 15 is 0 Å². The van der Waals surface area contributed by atoms with Crippen LogP contribution in [0.3, 0.4) is 0 Å². The average molecular weight is 216 g/mol. The lowest BCUT2D eigenvalue weighted by atomic mass is 10.3. The highest BCUT2D eigenvalue weighted by molar-refractivity contribution is 8.79. The summed E-state index contributed by atoms with van der Waals surface area (Å²) in [7, 11) is -3.00. The summed E-state index contributed by atoms with van der Waals surface area (Å²) in [6.07, 6.45) is 6.63. The van der Waals surface area contributed by atoms with E-state index in [1.54, 1.807) is 18.2 Å². The van der Waals surface area contributed by atoms with Gasteiger partial charge in [-0.05, 0) is 13.0 Å². The summed E-state index contributed by atoms with van der Waals surface area (Å²) in [5.74, 6) is 0. The smallest absolute Gasteiger partial charge is 0.235 e. The second-order valence-electron chi connectivity index (χ2n) is 2.32. The Labute approximate surface area is 80.5 Å². The van der Waals surface area contributed by atoms with E-state index in [0.717, 1.165) is 5.41 Å². The van der Waals surface area contributed by atoms with Crippen LogP contribution < -0.4 is 0 Å². The van der Waals surface area contributed by atoms with Crippen molar-refractivity contribution >= 4 is 24.8 Å². The van der Waals surface area contributed by atoms with Crippen LogP contribution in [-0.2, 0) is 13.7 Å². The molecule has 0 saturated carbocycles. The second kappa shape index (κ2) is 3.93. The molecule has 5 heteroatoms. The number of hydrogen-bond donors (Lipinski definition) is 0. The third-order valence-corrected chi connectivity index (χ3v) is 3.88. The Hall–Kier alpha value is -0.810. The molecule has 0 spiro atoms. The monoisotopic (exact) mass is 216 g/mol. The minimum atomic E-state index is -3.35. The predicted molar refractivity (Wildman–Crippen MR) is 53.6 cm³/mol. The molecule has 1 rings (SSSR count). The molecule has 13 heavy (non-hydrogen) atoms. The highest BCUT2D eigenvalue weighted by Gasteiger charge is 2.26. The summed E-state index contributed by atoms with van der Waals surface area (Å²) in [6, 6.07) is 0. The van der Waals surface area contributed by atoms with Gasteiger partial charge >= 0.3 is 0 Å². The predicted octanol–water partition coefficient (Wildman–Crippen LogP) is 1.61. The average Bonchev–Trinajstić information content (AvgIpc) is 2.25. The van der Waals surface area contributed by atoms with Gasteiger partial charge < -0.3 is 0 Å². The van der Waals surface area contributed by atoms with Crippen molar-refractivity contribution in [3.8, 4) is 0 Å². The molecule has 70 valence electrons. The van der Waals surface area contributed by atoms with Crippen LogP contribution in [0, 0.1) is 0 Å². The van der Waals surface area contributed by atoms with Gasteiger partial charge in [-0.2, -0.15) is 0 Å². The summed E-state index contributed by atoms with van der Waals surface area (Å²) in [4.78, 5) is 11.0. The van der Waals surface area contributed by atoms with Gasteiger partial charge in [-0.3, -0.25) is 4.79 Å². The zero-order valence-electron chi connectivity index (χ0n) is 6.93. The third kappa shape index (κ3) is 2.86. The first-order chi connectivity index (χ1) is 6.05. The first kappa shape index (κ1) is 10.3. The van der Waals surface area contributed by atoms with Gasteiger partial charge in [0.25, 0.3) is 0 Å². The molecular formula is C8H8O3S2. The molecule has 0 fully saturated rings. The molecule has 0 unspecified atom stereocenters. The fourth-order valence-electron chi connectivity index (χ4n) is 0.759. The van der Waals surface area contributed by atoms with Crippen molar-refractivity contribution in [3.05, 3.63) is 35.3 Å². The zero-order chi connectivity index (χ0) is 9.90. The van der Waals surface area contributed by atoms with Crippen LogP contribution in [0.5, 0.6) is 0 Å². The molecule has 0 bridgehead atoms. The molecule has 1 heterocycles. The van der Waals surface area contributed by atoms with Gasteiger partial charge in [0, 0.05) is 5.57 Å². The summed E-state index contributed by atoms with van der Waals surface area (Å²) in [5.41, 5.74) is 0.225. The Bertz CT molecular complexity index is 399. The molecular weight excluding hydrogens is 208 g/mol. The van der Waals surface area contributed by atoms with E-state index in [4.69, 9.17) is 0 Å². The maximum atomic E-state index is 11.0. The first-order valence-corrected chi connectivity index (χ1v) is 6.43. The van der Waals surface area contributed by atoms with Crippen LogP contribution in [0.4, 0.5) is 0 Å². The van der Waals surface area contributed by atoms with Gasteiger partial charge in [-0.25, -0.2) is 8.42 Å². The van der Waals surface area contributed by atoms with Crippen LogP contribution >= 0.6 is 10.8 Å². The normalized spacial score (nSPS) is 21.6. The van der Waals surface area contributed by atoms with Crippen molar-refractivity contribution in [2.24, 2.45) is 0 Å². The summed E-state index contributed by atoms with van der Waals surface area (Å²) in [5, 5.41) is 0.570. The SMILES string of the molecule is C/C=C/C=C\C1=CS(=O)(=O)SC1=O. The number of hydrogen-bond acceptors (Lipinski definition) is 4. The lowest BCUT2D eigenvalue weighted by Gasteiger charge is -1.83. The van der Waals surface area contributed by atoms with Crippen LogP contribution in [0.1, 0.15) is 6.92 Å². The molecule has 1 aliphatic rings. The van der Waals surface area contributed by atoms with Crippen molar-refractivity contribution < 1.29 is 13.2 Å². The zero-order valence-corrected chi connectivity index (χ0v) is 8.56. The van der Waals surface area contributed by atoms with Crippen molar-refractivity contribution in [2.45, 2.75) is 6.92 Å². The fraction of sp³-hybridized carbons (Fsp3) is 0.125. The van der Waals surface area contributed by atoms with Crippen LogP contribution in [-0.4, -0.2) is 13.5 Å². The summed E-state index contributed by atoms with van der Waals surface area (Å²) < 4.78 is 21.8. The van der Waals surface area contributed by atoms with E-state index in [-0.39, 0.29) is 5.57 Å². The Morgan fingerprint density at radius 3 is 2.54 bits per heavy atom. The van der Waals surface area contributed by atoms with Crippen LogP contribution in [0.15, 0.2) is 35.3 Å². The van der Waals surface area contributed by atoms with Crippen molar-refractivity contribution in [3.63, 3.8) is 0 Å². The van der Waals surface area contributed by atoms with Crippen LogP contribution in [0.2, 0.25) is 0 Å². The third-order valence-electron chi connectivity index (χ3n) is 1.28. The van der Waals surface area contributed by atoms with Gasteiger partial charge in [0.1, 0.15) is 0 Å². The van der Waals surface area contributed by atoms with Crippen molar-refractivity contribution in [2.75, 3.05) is 0 Å². The standard InChI is InChI=1S/C8H8O3S2/c1-2-3-4-5-7-6-13(10,11)12-8(7)9/h2-6H,1H3/b3-2+,5-4-.